The smallest absolute Gasteiger partial charge is 0.349 e. The number of methoxy groups -OCH3 is 1. The molecule has 154 valence electrons. The lowest BCUT2D eigenvalue weighted by atomic mass is 10.0. The Morgan fingerprint density at radius 3 is 2.86 bits per heavy atom. The van der Waals surface area contributed by atoms with Crippen LogP contribution in [0.15, 0.2) is 34.5 Å². The molecule has 0 aliphatic carbocycles. The first-order valence-corrected chi connectivity index (χ1v) is 11.1. The van der Waals surface area contributed by atoms with Crippen LogP contribution in [0, 0.1) is 11.8 Å². The van der Waals surface area contributed by atoms with Gasteiger partial charge in [-0.1, -0.05) is 24.0 Å². The molecule has 1 aromatic heterocycles. The Kier molecular flexibility index (Phi) is 6.17. The minimum absolute atomic E-state index is 0.0251. The molecule has 0 spiro atoms. The number of thiophene rings is 1. The van der Waals surface area contributed by atoms with Crippen LogP contribution in [-0.4, -0.2) is 40.2 Å². The van der Waals surface area contributed by atoms with Crippen LogP contribution in [0.2, 0.25) is 0 Å². The van der Waals surface area contributed by atoms with Crippen molar-refractivity contribution in [3.05, 3.63) is 40.1 Å². The zero-order valence-corrected chi connectivity index (χ0v) is 17.9. The van der Waals surface area contributed by atoms with Crippen molar-refractivity contribution >= 4 is 27.3 Å². The fourth-order valence-corrected chi connectivity index (χ4v) is 5.14. The van der Waals surface area contributed by atoms with E-state index in [0.717, 1.165) is 29.1 Å². The number of benzene rings is 1. The average molecular weight is 436 g/mol. The lowest BCUT2D eigenvalue weighted by molar-refractivity contribution is 0.0602. The van der Waals surface area contributed by atoms with Crippen LogP contribution in [-0.2, 0) is 21.2 Å². The van der Waals surface area contributed by atoms with Crippen LogP contribution < -0.4 is 14.2 Å². The number of carbonyl (C=O) groups is 1. The number of nitrogens with one attached hydrogen (secondary N) is 1. The van der Waals surface area contributed by atoms with Gasteiger partial charge < -0.3 is 14.2 Å². The molecule has 1 N–H and O–H groups in total. The summed E-state index contributed by atoms with van der Waals surface area (Å²) in [6.07, 6.45) is 0.809. The van der Waals surface area contributed by atoms with Gasteiger partial charge >= 0.3 is 5.97 Å². The van der Waals surface area contributed by atoms with E-state index in [9.17, 15) is 13.2 Å². The summed E-state index contributed by atoms with van der Waals surface area (Å²) in [5.41, 5.74) is 0.821. The van der Waals surface area contributed by atoms with Gasteiger partial charge in [0.05, 0.1) is 13.7 Å². The molecule has 0 saturated heterocycles. The molecule has 2 aromatic rings. The van der Waals surface area contributed by atoms with Gasteiger partial charge in [-0.2, -0.15) is 4.72 Å². The first-order chi connectivity index (χ1) is 13.7. The van der Waals surface area contributed by atoms with Crippen molar-refractivity contribution in [3.63, 3.8) is 0 Å². The van der Waals surface area contributed by atoms with Gasteiger partial charge in [0.15, 0.2) is 11.5 Å². The van der Waals surface area contributed by atoms with Gasteiger partial charge in [-0.3, -0.25) is 0 Å². The van der Waals surface area contributed by atoms with Gasteiger partial charge in [-0.05, 0) is 31.4 Å². The number of sulfonamides is 1. The van der Waals surface area contributed by atoms with Crippen molar-refractivity contribution in [2.24, 2.45) is 0 Å². The van der Waals surface area contributed by atoms with Crippen LogP contribution in [0.3, 0.4) is 0 Å². The molecular weight excluding hydrogens is 414 g/mol. The SMILES string of the molecule is COC(=O)c1sccc1S(=O)(=O)NCC#CCOc1cccc2c1OC(C)(C)C2. The number of carbonyl (C=O) groups excluding carboxylic acids is 1. The summed E-state index contributed by atoms with van der Waals surface area (Å²) in [4.78, 5) is 11.6. The number of fused-ring (bicyclic) bond motifs is 1. The molecule has 0 atom stereocenters. The maximum Gasteiger partial charge on any atom is 0.349 e. The first-order valence-electron chi connectivity index (χ1n) is 8.78. The molecule has 0 saturated carbocycles. The van der Waals surface area contributed by atoms with E-state index in [4.69, 9.17) is 9.47 Å². The summed E-state index contributed by atoms with van der Waals surface area (Å²) in [6, 6.07) is 7.08. The number of rotatable bonds is 6. The summed E-state index contributed by atoms with van der Waals surface area (Å²) in [7, 11) is -2.67. The third-order valence-corrected chi connectivity index (χ3v) is 6.59. The molecule has 2 heterocycles. The van der Waals surface area contributed by atoms with Crippen LogP contribution in [0.25, 0.3) is 0 Å². The largest absolute Gasteiger partial charge is 0.483 e. The van der Waals surface area contributed by atoms with Crippen molar-refractivity contribution in [2.45, 2.75) is 30.8 Å². The zero-order chi connectivity index (χ0) is 21.1. The maximum absolute atomic E-state index is 12.3. The van der Waals surface area contributed by atoms with E-state index in [2.05, 4.69) is 21.3 Å². The summed E-state index contributed by atoms with van der Waals surface area (Å²) < 4.78 is 43.3. The molecule has 3 rings (SSSR count). The van der Waals surface area contributed by atoms with E-state index in [0.29, 0.717) is 5.75 Å². The second kappa shape index (κ2) is 8.45. The van der Waals surface area contributed by atoms with Gasteiger partial charge in [0.2, 0.25) is 10.0 Å². The van der Waals surface area contributed by atoms with Crippen molar-refractivity contribution in [2.75, 3.05) is 20.3 Å². The van der Waals surface area contributed by atoms with E-state index in [1.54, 1.807) is 0 Å². The van der Waals surface area contributed by atoms with E-state index >= 15 is 0 Å². The van der Waals surface area contributed by atoms with Crippen molar-refractivity contribution < 1.29 is 27.4 Å². The Balaban J connectivity index is 1.56. The third kappa shape index (κ3) is 4.90. The lowest BCUT2D eigenvalue weighted by Gasteiger charge is -2.17. The Morgan fingerprint density at radius 2 is 2.10 bits per heavy atom. The topological polar surface area (TPSA) is 90.9 Å². The van der Waals surface area contributed by atoms with Crippen molar-refractivity contribution in [1.29, 1.82) is 0 Å². The molecular formula is C20H21NO6S2. The molecule has 7 nitrogen and oxygen atoms in total. The Labute approximate surface area is 174 Å². The fraction of sp³-hybridized carbons (Fsp3) is 0.350. The number of para-hydroxylation sites is 1. The number of ether oxygens (including phenoxy) is 3. The number of hydrogen-bond acceptors (Lipinski definition) is 7. The minimum Gasteiger partial charge on any atom is -0.483 e. The van der Waals surface area contributed by atoms with E-state index in [1.165, 1.54) is 18.6 Å². The predicted octanol–water partition coefficient (Wildman–Crippen LogP) is 2.61. The van der Waals surface area contributed by atoms with Crippen LogP contribution >= 0.6 is 11.3 Å². The molecule has 0 unspecified atom stereocenters. The Morgan fingerprint density at radius 1 is 1.31 bits per heavy atom. The fourth-order valence-electron chi connectivity index (χ4n) is 2.89. The highest BCUT2D eigenvalue weighted by Crippen LogP contribution is 2.41. The Hall–Kier alpha value is -2.54. The summed E-state index contributed by atoms with van der Waals surface area (Å²) in [5, 5.41) is 1.52. The highest BCUT2D eigenvalue weighted by atomic mass is 32.2. The predicted molar refractivity (Wildman–Crippen MR) is 109 cm³/mol. The van der Waals surface area contributed by atoms with Gasteiger partial charge in [-0.25, -0.2) is 13.2 Å². The van der Waals surface area contributed by atoms with Crippen molar-refractivity contribution in [1.82, 2.24) is 4.72 Å². The van der Waals surface area contributed by atoms with Gasteiger partial charge in [0.1, 0.15) is 22.0 Å². The standard InChI is InChI=1S/C20H21NO6S2/c1-20(2)13-14-7-6-8-15(17(14)27-20)26-11-5-4-10-21-29(23,24)16-9-12-28-18(16)19(22)25-3/h6-9,12,21H,10-11,13H2,1-3H3. The van der Waals surface area contributed by atoms with Gasteiger partial charge in [0, 0.05) is 12.0 Å². The molecule has 1 aliphatic heterocycles. The minimum atomic E-state index is -3.87. The van der Waals surface area contributed by atoms with Gasteiger partial charge in [-0.15, -0.1) is 11.3 Å². The quantitative estimate of drug-likeness (QED) is 0.554. The molecule has 29 heavy (non-hydrogen) atoms. The van der Waals surface area contributed by atoms with E-state index in [1.807, 2.05) is 32.0 Å². The van der Waals surface area contributed by atoms with Crippen LogP contribution in [0.4, 0.5) is 0 Å². The van der Waals surface area contributed by atoms with Crippen LogP contribution in [0.5, 0.6) is 11.5 Å². The second-order valence-electron chi connectivity index (χ2n) is 6.86. The molecule has 0 fully saturated rings. The average Bonchev–Trinajstić information content (AvgIpc) is 3.27. The lowest BCUT2D eigenvalue weighted by Crippen LogP contribution is -2.25. The summed E-state index contributed by atoms with van der Waals surface area (Å²) >= 11 is 1.00. The third-order valence-electron chi connectivity index (χ3n) is 4.12. The molecule has 0 radical (unpaired) electrons. The van der Waals surface area contributed by atoms with Crippen molar-refractivity contribution in [3.8, 4) is 23.3 Å². The molecule has 0 amide bonds. The molecule has 1 aliphatic rings. The number of esters is 1. The maximum atomic E-state index is 12.3. The Bertz CT molecular complexity index is 1080. The summed E-state index contributed by atoms with van der Waals surface area (Å²) in [6.45, 7) is 4.01. The molecule has 9 heteroatoms. The monoisotopic (exact) mass is 435 g/mol. The summed E-state index contributed by atoms with van der Waals surface area (Å²) in [5.74, 6) is 6.12. The zero-order valence-electron chi connectivity index (χ0n) is 16.3. The first kappa shape index (κ1) is 21.2. The molecule has 1 aromatic carbocycles. The second-order valence-corrected chi connectivity index (χ2v) is 9.51. The van der Waals surface area contributed by atoms with Crippen LogP contribution in [0.1, 0.15) is 29.1 Å². The van der Waals surface area contributed by atoms with E-state index < -0.39 is 16.0 Å². The normalized spacial score (nSPS) is 14.3. The number of hydrogen-bond donors (Lipinski definition) is 1. The highest BCUT2D eigenvalue weighted by Gasteiger charge is 2.32. The van der Waals surface area contributed by atoms with Gasteiger partial charge in [0.25, 0.3) is 0 Å². The highest BCUT2D eigenvalue weighted by molar-refractivity contribution is 7.89. The van der Waals surface area contributed by atoms with E-state index in [-0.39, 0.29) is 28.5 Å². The molecule has 0 bridgehead atoms.